The summed E-state index contributed by atoms with van der Waals surface area (Å²) in [4.78, 5) is 2.55. The first-order valence-electron chi connectivity index (χ1n) is 8.16. The summed E-state index contributed by atoms with van der Waals surface area (Å²) in [6, 6.07) is 8.64. The first-order chi connectivity index (χ1) is 10.2. The lowest BCUT2D eigenvalue weighted by Gasteiger charge is -2.28. The lowest BCUT2D eigenvalue weighted by Crippen LogP contribution is -2.31. The molecule has 2 aliphatic rings. The number of hydrogen-bond donors (Lipinski definition) is 1. The molecule has 2 heterocycles. The number of aromatic nitrogens is 1. The van der Waals surface area contributed by atoms with Crippen LogP contribution in [0.5, 0.6) is 0 Å². The Morgan fingerprint density at radius 2 is 2.05 bits per heavy atom. The molecule has 1 aliphatic carbocycles. The lowest BCUT2D eigenvalue weighted by molar-refractivity contribution is 0.0547. The Labute approximate surface area is 126 Å². The Morgan fingerprint density at radius 3 is 2.90 bits per heavy atom. The fourth-order valence-corrected chi connectivity index (χ4v) is 4.45. The molecule has 1 aromatic heterocycles. The molecule has 1 aromatic carbocycles. The molecule has 2 aromatic rings. The van der Waals surface area contributed by atoms with E-state index < -0.39 is 0 Å². The molecule has 4 rings (SSSR count). The Balaban J connectivity index is 1.56. The van der Waals surface area contributed by atoms with E-state index in [-0.39, 0.29) is 6.10 Å². The Hall–Kier alpha value is -1.32. The quantitative estimate of drug-likeness (QED) is 0.918. The van der Waals surface area contributed by atoms with E-state index in [4.69, 9.17) is 0 Å². The maximum absolute atomic E-state index is 10.2. The molecule has 1 aliphatic heterocycles. The molecule has 1 saturated carbocycles. The number of likely N-dealkylation sites (tertiary alicyclic amines) is 1. The normalized spacial score (nSPS) is 29.9. The fraction of sp³-hybridized carbons (Fsp3) is 0.556. The SMILES string of the molecule is Cn1cc(CN2C[C@H]3CCC[C@@H](O)[C@H]3C2)c2ccccc21. The molecular weight excluding hydrogens is 260 g/mol. The molecule has 3 nitrogen and oxygen atoms in total. The van der Waals surface area contributed by atoms with Crippen molar-refractivity contribution in [3.8, 4) is 0 Å². The van der Waals surface area contributed by atoms with Crippen molar-refractivity contribution in [1.29, 1.82) is 0 Å². The topological polar surface area (TPSA) is 28.4 Å². The number of aryl methyl sites for hydroxylation is 1. The van der Waals surface area contributed by atoms with Crippen molar-refractivity contribution < 1.29 is 5.11 Å². The Bertz CT molecular complexity index is 648. The number of rotatable bonds is 2. The molecule has 112 valence electrons. The van der Waals surface area contributed by atoms with Crippen molar-refractivity contribution in [2.75, 3.05) is 13.1 Å². The predicted octanol–water partition coefficient (Wildman–Crippen LogP) is 2.77. The number of aliphatic hydroxyl groups excluding tert-OH is 1. The highest BCUT2D eigenvalue weighted by Crippen LogP contribution is 2.37. The largest absolute Gasteiger partial charge is 0.393 e. The highest BCUT2D eigenvalue weighted by molar-refractivity contribution is 5.83. The van der Waals surface area contributed by atoms with E-state index in [0.29, 0.717) is 11.8 Å². The molecule has 0 unspecified atom stereocenters. The molecule has 3 atom stereocenters. The molecule has 0 spiro atoms. The number of hydrogen-bond acceptors (Lipinski definition) is 2. The number of benzene rings is 1. The van der Waals surface area contributed by atoms with Crippen LogP contribution in [0.15, 0.2) is 30.5 Å². The van der Waals surface area contributed by atoms with Crippen molar-refractivity contribution in [3.05, 3.63) is 36.0 Å². The van der Waals surface area contributed by atoms with Gasteiger partial charge < -0.3 is 9.67 Å². The van der Waals surface area contributed by atoms with Gasteiger partial charge in [-0.05, 0) is 30.4 Å². The average Bonchev–Trinajstić information content (AvgIpc) is 3.03. The van der Waals surface area contributed by atoms with Crippen molar-refractivity contribution >= 4 is 10.9 Å². The van der Waals surface area contributed by atoms with Crippen LogP contribution in [0.3, 0.4) is 0 Å². The number of nitrogens with zero attached hydrogens (tertiary/aromatic N) is 2. The molecular formula is C18H24N2O. The van der Waals surface area contributed by atoms with Gasteiger partial charge in [-0.3, -0.25) is 4.90 Å². The van der Waals surface area contributed by atoms with Gasteiger partial charge in [-0.2, -0.15) is 0 Å². The van der Waals surface area contributed by atoms with E-state index in [2.05, 4.69) is 47.0 Å². The van der Waals surface area contributed by atoms with Crippen LogP contribution in [0.2, 0.25) is 0 Å². The van der Waals surface area contributed by atoms with Gasteiger partial charge in [0.1, 0.15) is 0 Å². The third-order valence-corrected chi connectivity index (χ3v) is 5.51. The summed E-state index contributed by atoms with van der Waals surface area (Å²) in [6.07, 6.45) is 5.70. The highest BCUT2D eigenvalue weighted by atomic mass is 16.3. The van der Waals surface area contributed by atoms with Gasteiger partial charge in [0.15, 0.2) is 0 Å². The molecule has 0 bridgehead atoms. The zero-order valence-electron chi connectivity index (χ0n) is 12.7. The van der Waals surface area contributed by atoms with Crippen LogP contribution in [-0.2, 0) is 13.6 Å². The monoisotopic (exact) mass is 284 g/mol. The van der Waals surface area contributed by atoms with E-state index in [0.717, 1.165) is 26.1 Å². The molecule has 3 heteroatoms. The van der Waals surface area contributed by atoms with Crippen LogP contribution in [0.4, 0.5) is 0 Å². The molecule has 1 saturated heterocycles. The molecule has 2 fully saturated rings. The summed E-state index contributed by atoms with van der Waals surface area (Å²) < 4.78 is 2.22. The van der Waals surface area contributed by atoms with E-state index >= 15 is 0 Å². The predicted molar refractivity (Wildman–Crippen MR) is 85.0 cm³/mol. The maximum atomic E-state index is 10.2. The van der Waals surface area contributed by atoms with Gasteiger partial charge in [0, 0.05) is 49.7 Å². The number of para-hydroxylation sites is 1. The third-order valence-electron chi connectivity index (χ3n) is 5.51. The summed E-state index contributed by atoms with van der Waals surface area (Å²) in [5.41, 5.74) is 2.73. The molecule has 1 N–H and O–H groups in total. The van der Waals surface area contributed by atoms with Crippen LogP contribution in [-0.4, -0.2) is 33.8 Å². The zero-order chi connectivity index (χ0) is 14.4. The van der Waals surface area contributed by atoms with E-state index in [9.17, 15) is 5.11 Å². The van der Waals surface area contributed by atoms with Crippen LogP contribution < -0.4 is 0 Å². The van der Waals surface area contributed by atoms with Gasteiger partial charge in [-0.15, -0.1) is 0 Å². The van der Waals surface area contributed by atoms with Gasteiger partial charge >= 0.3 is 0 Å². The molecule has 21 heavy (non-hydrogen) atoms. The van der Waals surface area contributed by atoms with E-state index in [1.54, 1.807) is 0 Å². The minimum Gasteiger partial charge on any atom is -0.393 e. The molecule has 0 radical (unpaired) electrons. The van der Waals surface area contributed by atoms with Crippen LogP contribution in [0, 0.1) is 11.8 Å². The van der Waals surface area contributed by atoms with Gasteiger partial charge in [0.25, 0.3) is 0 Å². The summed E-state index contributed by atoms with van der Waals surface area (Å²) >= 11 is 0. The van der Waals surface area contributed by atoms with E-state index in [1.165, 1.54) is 29.3 Å². The second-order valence-corrected chi connectivity index (χ2v) is 6.90. The summed E-state index contributed by atoms with van der Waals surface area (Å²) in [7, 11) is 2.12. The fourth-order valence-electron chi connectivity index (χ4n) is 4.45. The minimum atomic E-state index is -0.0683. The second-order valence-electron chi connectivity index (χ2n) is 6.90. The zero-order valence-corrected chi connectivity index (χ0v) is 12.7. The number of aliphatic hydroxyl groups is 1. The van der Waals surface area contributed by atoms with Crippen LogP contribution >= 0.6 is 0 Å². The Kier molecular flexibility index (Phi) is 3.27. The summed E-state index contributed by atoms with van der Waals surface area (Å²) in [5.74, 6) is 1.22. The van der Waals surface area contributed by atoms with E-state index in [1.807, 2.05) is 0 Å². The molecule has 0 amide bonds. The minimum absolute atomic E-state index is 0.0683. The van der Waals surface area contributed by atoms with Crippen molar-refractivity contribution in [1.82, 2.24) is 9.47 Å². The van der Waals surface area contributed by atoms with Crippen molar-refractivity contribution in [2.45, 2.75) is 31.9 Å². The first-order valence-corrected chi connectivity index (χ1v) is 8.16. The average molecular weight is 284 g/mol. The highest BCUT2D eigenvalue weighted by Gasteiger charge is 2.39. The first kappa shape index (κ1) is 13.4. The second kappa shape index (κ2) is 5.15. The van der Waals surface area contributed by atoms with Gasteiger partial charge in [-0.1, -0.05) is 24.6 Å². The smallest absolute Gasteiger partial charge is 0.0583 e. The summed E-state index contributed by atoms with van der Waals surface area (Å²) in [6.45, 7) is 3.24. The van der Waals surface area contributed by atoms with Gasteiger partial charge in [0.05, 0.1) is 6.10 Å². The maximum Gasteiger partial charge on any atom is 0.0583 e. The van der Waals surface area contributed by atoms with Crippen LogP contribution in [0.1, 0.15) is 24.8 Å². The lowest BCUT2D eigenvalue weighted by atomic mass is 9.80. The Morgan fingerprint density at radius 1 is 1.19 bits per heavy atom. The number of fused-ring (bicyclic) bond motifs is 2. The van der Waals surface area contributed by atoms with Gasteiger partial charge in [-0.25, -0.2) is 0 Å². The van der Waals surface area contributed by atoms with Crippen molar-refractivity contribution in [2.24, 2.45) is 18.9 Å². The van der Waals surface area contributed by atoms with Gasteiger partial charge in [0.2, 0.25) is 0 Å². The van der Waals surface area contributed by atoms with Crippen molar-refractivity contribution in [3.63, 3.8) is 0 Å². The third kappa shape index (κ3) is 2.29. The standard InChI is InChI=1S/C18H24N2O/c1-19-9-14(15-6-2-3-7-17(15)19)11-20-10-13-5-4-8-18(21)16(13)12-20/h2-3,6-7,9,13,16,18,21H,4-5,8,10-12H2,1H3/t13-,16+,18-/m1/s1. The van der Waals surface area contributed by atoms with Crippen LogP contribution in [0.25, 0.3) is 10.9 Å². The summed E-state index contributed by atoms with van der Waals surface area (Å²) in [5, 5.41) is 11.6.